The minimum absolute atomic E-state index is 0.316. The van der Waals surface area contributed by atoms with Crippen LogP contribution < -0.4 is 4.90 Å². The highest BCUT2D eigenvalue weighted by molar-refractivity contribution is 7.15. The fraction of sp³-hybridized carbons (Fsp3) is 0.538. The van der Waals surface area contributed by atoms with Crippen molar-refractivity contribution < 1.29 is 14.6 Å². The Hall–Kier alpha value is -2.40. The Morgan fingerprint density at radius 3 is 2.96 bits per heavy atom. The number of aliphatic carboxylic acids is 1. The van der Waals surface area contributed by atoms with Crippen molar-refractivity contribution in [1.29, 1.82) is 0 Å². The molecule has 0 spiro atoms. The fourth-order valence-corrected chi connectivity index (χ4v) is 4.04. The monoisotopic (exact) mass is 349 g/mol. The highest BCUT2D eigenvalue weighted by Crippen LogP contribution is 2.38. The van der Waals surface area contributed by atoms with Crippen molar-refractivity contribution in [1.82, 2.24) is 25.2 Å². The Bertz CT molecular complexity index is 795. The molecule has 0 saturated carbocycles. The number of rotatable bonds is 3. The molecule has 2 aromatic rings. The predicted molar refractivity (Wildman–Crippen MR) is 85.0 cm³/mol. The number of aliphatic imine (C=N–C) groups is 1. The molecule has 4 heterocycles. The maximum absolute atomic E-state index is 11.8. The number of aromatic nitrogens is 5. The topological polar surface area (TPSA) is 119 Å². The second-order valence-electron chi connectivity index (χ2n) is 5.58. The van der Waals surface area contributed by atoms with Crippen molar-refractivity contribution in [3.05, 3.63) is 11.1 Å². The first-order chi connectivity index (χ1) is 11.6. The van der Waals surface area contributed by atoms with Gasteiger partial charge < -0.3 is 14.7 Å². The summed E-state index contributed by atoms with van der Waals surface area (Å²) < 4.78 is 6.81. The summed E-state index contributed by atoms with van der Waals surface area (Å²) >= 11 is 1.46. The second-order valence-corrected chi connectivity index (χ2v) is 6.62. The summed E-state index contributed by atoms with van der Waals surface area (Å²) in [5.74, 6) is -1.46. The van der Waals surface area contributed by atoms with Gasteiger partial charge in [-0.05, 0) is 17.4 Å². The summed E-state index contributed by atoms with van der Waals surface area (Å²) in [5.41, 5.74) is 0.483. The van der Waals surface area contributed by atoms with Gasteiger partial charge in [-0.15, -0.1) is 0 Å². The Balaban J connectivity index is 1.72. The summed E-state index contributed by atoms with van der Waals surface area (Å²) in [4.78, 5) is 23.4. The maximum Gasteiger partial charge on any atom is 0.314 e. The number of thiazole rings is 1. The molecule has 2 aliphatic rings. The van der Waals surface area contributed by atoms with Crippen LogP contribution >= 0.6 is 11.3 Å². The molecule has 1 N–H and O–H groups in total. The number of tetrazole rings is 1. The number of ether oxygens (including phenoxy) is 1. The van der Waals surface area contributed by atoms with E-state index in [0.717, 1.165) is 23.1 Å². The number of morpholine rings is 1. The highest BCUT2D eigenvalue weighted by atomic mass is 32.1. The van der Waals surface area contributed by atoms with E-state index in [-0.39, 0.29) is 0 Å². The van der Waals surface area contributed by atoms with Crippen molar-refractivity contribution in [2.45, 2.75) is 13.0 Å². The van der Waals surface area contributed by atoms with Crippen LogP contribution in [0.1, 0.15) is 17.8 Å². The van der Waals surface area contributed by atoms with E-state index in [4.69, 9.17) is 4.74 Å². The molecule has 126 valence electrons. The average molecular weight is 349 g/mol. The lowest BCUT2D eigenvalue weighted by Crippen LogP contribution is -2.36. The van der Waals surface area contributed by atoms with Gasteiger partial charge in [-0.3, -0.25) is 4.79 Å². The molecule has 10 nitrogen and oxygen atoms in total. The Morgan fingerprint density at radius 1 is 1.42 bits per heavy atom. The molecule has 0 radical (unpaired) electrons. The molecular formula is C13H15N7O3S. The fourth-order valence-electron chi connectivity index (χ4n) is 2.95. The zero-order valence-electron chi connectivity index (χ0n) is 12.9. The molecular weight excluding hydrogens is 334 g/mol. The third-order valence-corrected chi connectivity index (χ3v) is 5.26. The number of nitrogens with zero attached hydrogens (tertiary/aromatic N) is 7. The zero-order chi connectivity index (χ0) is 16.7. The van der Waals surface area contributed by atoms with Gasteiger partial charge in [-0.25, -0.2) is 14.7 Å². The van der Waals surface area contributed by atoms with Gasteiger partial charge in [0.25, 0.3) is 5.95 Å². The van der Waals surface area contributed by atoms with Gasteiger partial charge in [0.05, 0.1) is 18.1 Å². The predicted octanol–water partition coefficient (Wildman–Crippen LogP) is 0.362. The van der Waals surface area contributed by atoms with E-state index in [1.165, 1.54) is 16.0 Å². The SMILES string of the molecule is CC1=Nc2nnnn2C(c2cnc(N3CCOCC3)s2)C1C(=O)O. The van der Waals surface area contributed by atoms with Crippen LogP contribution in [0.5, 0.6) is 0 Å². The van der Waals surface area contributed by atoms with Gasteiger partial charge in [0.15, 0.2) is 5.13 Å². The van der Waals surface area contributed by atoms with E-state index >= 15 is 0 Å². The molecule has 1 fully saturated rings. The van der Waals surface area contributed by atoms with Crippen LogP contribution in [0.4, 0.5) is 11.1 Å². The van der Waals surface area contributed by atoms with E-state index in [0.29, 0.717) is 24.9 Å². The Labute approximate surface area is 140 Å². The summed E-state index contributed by atoms with van der Waals surface area (Å²) in [6.45, 7) is 4.57. The third kappa shape index (κ3) is 2.45. The van der Waals surface area contributed by atoms with E-state index in [1.807, 2.05) is 0 Å². The molecule has 0 aliphatic carbocycles. The van der Waals surface area contributed by atoms with E-state index in [1.54, 1.807) is 13.1 Å². The molecule has 11 heteroatoms. The van der Waals surface area contributed by atoms with Gasteiger partial charge >= 0.3 is 5.97 Å². The number of hydrogen-bond donors (Lipinski definition) is 1. The van der Waals surface area contributed by atoms with Crippen molar-refractivity contribution in [2.75, 3.05) is 31.2 Å². The quantitative estimate of drug-likeness (QED) is 0.844. The molecule has 2 unspecified atom stereocenters. The van der Waals surface area contributed by atoms with E-state index in [9.17, 15) is 9.90 Å². The largest absolute Gasteiger partial charge is 0.481 e. The minimum Gasteiger partial charge on any atom is -0.481 e. The van der Waals surface area contributed by atoms with Crippen LogP contribution in [0.15, 0.2) is 11.2 Å². The van der Waals surface area contributed by atoms with Crippen LogP contribution in [0.25, 0.3) is 0 Å². The summed E-state index contributed by atoms with van der Waals surface area (Å²) in [6.07, 6.45) is 1.71. The maximum atomic E-state index is 11.8. The lowest BCUT2D eigenvalue weighted by molar-refractivity contribution is -0.140. The van der Waals surface area contributed by atoms with Crippen molar-refractivity contribution in [2.24, 2.45) is 10.9 Å². The van der Waals surface area contributed by atoms with Crippen LogP contribution in [0, 0.1) is 5.92 Å². The summed E-state index contributed by atoms with van der Waals surface area (Å²) in [6, 6.07) is -0.544. The van der Waals surface area contributed by atoms with E-state index < -0.39 is 17.9 Å². The Morgan fingerprint density at radius 2 is 2.21 bits per heavy atom. The normalized spacial score (nSPS) is 23.7. The van der Waals surface area contributed by atoms with Crippen LogP contribution in [-0.2, 0) is 9.53 Å². The third-order valence-electron chi connectivity index (χ3n) is 4.13. The van der Waals surface area contributed by atoms with Gasteiger partial charge in [0, 0.05) is 25.0 Å². The molecule has 2 atom stereocenters. The van der Waals surface area contributed by atoms with Crippen molar-refractivity contribution in [3.63, 3.8) is 0 Å². The van der Waals surface area contributed by atoms with Crippen LogP contribution in [0.3, 0.4) is 0 Å². The number of anilines is 1. The molecule has 24 heavy (non-hydrogen) atoms. The smallest absolute Gasteiger partial charge is 0.314 e. The first kappa shape index (κ1) is 15.1. The first-order valence-corrected chi connectivity index (χ1v) is 8.31. The summed E-state index contributed by atoms with van der Waals surface area (Å²) in [5, 5.41) is 21.9. The zero-order valence-corrected chi connectivity index (χ0v) is 13.7. The summed E-state index contributed by atoms with van der Waals surface area (Å²) in [7, 11) is 0. The standard InChI is InChI=1S/C13H15N7O3S/c1-7-9(11(21)22)10(20-12(15-7)16-17-18-20)8-6-14-13(24-8)19-2-4-23-5-3-19/h6,9-10H,2-5H2,1H3,(H,21,22). The number of hydrogen-bond acceptors (Lipinski definition) is 9. The van der Waals surface area contributed by atoms with Gasteiger partial charge in [-0.2, -0.15) is 0 Å². The van der Waals surface area contributed by atoms with Gasteiger partial charge in [0.2, 0.25) is 0 Å². The second kappa shape index (κ2) is 5.91. The minimum atomic E-state index is -0.955. The molecule has 0 bridgehead atoms. The average Bonchev–Trinajstić information content (AvgIpc) is 3.23. The number of carboxylic acids is 1. The highest BCUT2D eigenvalue weighted by Gasteiger charge is 2.40. The molecule has 0 aromatic carbocycles. The number of carboxylic acid groups (broad SMARTS) is 1. The molecule has 1 saturated heterocycles. The molecule has 2 aromatic heterocycles. The van der Waals surface area contributed by atoms with Crippen molar-refractivity contribution in [3.8, 4) is 0 Å². The number of carbonyl (C=O) groups is 1. The van der Waals surface area contributed by atoms with Crippen LogP contribution in [0.2, 0.25) is 0 Å². The van der Waals surface area contributed by atoms with Crippen LogP contribution in [-0.4, -0.2) is 68.3 Å². The Kier molecular flexibility index (Phi) is 3.73. The molecule has 2 aliphatic heterocycles. The number of fused-ring (bicyclic) bond motifs is 1. The van der Waals surface area contributed by atoms with Crippen molar-refractivity contribution >= 4 is 34.1 Å². The van der Waals surface area contributed by atoms with Gasteiger partial charge in [0.1, 0.15) is 12.0 Å². The van der Waals surface area contributed by atoms with E-state index in [2.05, 4.69) is 30.4 Å². The lowest BCUT2D eigenvalue weighted by Gasteiger charge is -2.27. The lowest BCUT2D eigenvalue weighted by atomic mass is 9.93. The molecule has 4 rings (SSSR count). The van der Waals surface area contributed by atoms with Gasteiger partial charge in [-0.1, -0.05) is 16.4 Å². The molecule has 0 amide bonds. The first-order valence-electron chi connectivity index (χ1n) is 7.49.